The van der Waals surface area contributed by atoms with Crippen molar-refractivity contribution in [3.63, 3.8) is 0 Å². The summed E-state index contributed by atoms with van der Waals surface area (Å²) in [5, 5.41) is 3.68. The number of anilines is 1. The van der Waals surface area contributed by atoms with Gasteiger partial charge < -0.3 is 9.73 Å². The maximum Gasteiger partial charge on any atom is 0.445 e. The van der Waals surface area contributed by atoms with Gasteiger partial charge in [0.15, 0.2) is 16.8 Å². The van der Waals surface area contributed by atoms with Gasteiger partial charge in [0.2, 0.25) is 5.91 Å². The Labute approximate surface area is 202 Å². The molecule has 12 heteroatoms. The third kappa shape index (κ3) is 3.94. The Bertz CT molecular complexity index is 1440. The molecule has 10 nitrogen and oxygen atoms in total. The van der Waals surface area contributed by atoms with Gasteiger partial charge in [-0.3, -0.25) is 9.59 Å². The van der Waals surface area contributed by atoms with Crippen LogP contribution in [0.4, 0.5) is 9.93 Å². The highest BCUT2D eigenvalue weighted by Gasteiger charge is 2.49. The van der Waals surface area contributed by atoms with Crippen molar-refractivity contribution in [3.05, 3.63) is 47.9 Å². The number of carbonyl (C=O) groups is 3. The van der Waals surface area contributed by atoms with Crippen LogP contribution in [0.25, 0.3) is 10.2 Å². The number of amidine groups is 2. The van der Waals surface area contributed by atoms with Gasteiger partial charge >= 0.3 is 11.9 Å². The molecule has 1 aromatic carbocycles. The summed E-state index contributed by atoms with van der Waals surface area (Å²) in [6.07, 6.45) is 1.48. The number of fused-ring (bicyclic) bond motifs is 2. The van der Waals surface area contributed by atoms with Crippen molar-refractivity contribution in [1.82, 2.24) is 9.88 Å². The van der Waals surface area contributed by atoms with Gasteiger partial charge in [-0.2, -0.15) is 9.48 Å². The average Bonchev–Trinajstić information content (AvgIpc) is 3.49. The summed E-state index contributed by atoms with van der Waals surface area (Å²) in [5.41, 5.74) is 1.93. The zero-order valence-electron chi connectivity index (χ0n) is 18.4. The molecule has 4 amide bonds. The van der Waals surface area contributed by atoms with Gasteiger partial charge in [0.25, 0.3) is 11.7 Å². The number of rotatable bonds is 4. The summed E-state index contributed by atoms with van der Waals surface area (Å²) in [6.45, 7) is 2.00. The molecule has 5 rings (SSSR count). The number of urea groups is 1. The van der Waals surface area contributed by atoms with E-state index in [1.807, 2.05) is 25.1 Å². The fraction of sp³-hybridized carbons (Fsp3) is 0.227. The molecule has 2 aromatic heterocycles. The topological polar surface area (TPSA) is 120 Å². The van der Waals surface area contributed by atoms with Crippen LogP contribution in [0.2, 0.25) is 0 Å². The van der Waals surface area contributed by atoms with Crippen LogP contribution in [0.5, 0.6) is 0 Å². The van der Waals surface area contributed by atoms with E-state index < -0.39 is 17.9 Å². The first-order valence-corrected chi connectivity index (χ1v) is 12.0. The molecule has 0 bridgehead atoms. The molecule has 0 radical (unpaired) electrons. The average molecular weight is 496 g/mol. The minimum Gasteiger partial charge on any atom is -0.459 e. The lowest BCUT2D eigenvalue weighted by Gasteiger charge is -2.26. The Morgan fingerprint density at radius 2 is 2.12 bits per heavy atom. The number of amides is 4. The van der Waals surface area contributed by atoms with Gasteiger partial charge in [0.1, 0.15) is 5.04 Å². The molecule has 0 fully saturated rings. The van der Waals surface area contributed by atoms with E-state index in [0.29, 0.717) is 15.9 Å². The smallest absolute Gasteiger partial charge is 0.445 e. The molecule has 0 spiro atoms. The Morgan fingerprint density at radius 3 is 2.88 bits per heavy atom. The number of aryl methyl sites for hydroxylation is 1. The van der Waals surface area contributed by atoms with Crippen molar-refractivity contribution >= 4 is 73.0 Å². The zero-order chi connectivity index (χ0) is 24.0. The predicted octanol–water partition coefficient (Wildman–Crippen LogP) is 2.98. The first-order chi connectivity index (χ1) is 16.3. The number of nitrogens with one attached hydrogen (secondary N) is 1. The Morgan fingerprint density at radius 1 is 1.29 bits per heavy atom. The zero-order valence-corrected chi connectivity index (χ0v) is 20.1. The van der Waals surface area contributed by atoms with Gasteiger partial charge in [-0.15, -0.1) is 0 Å². The molecular weight excluding hydrogens is 476 g/mol. The van der Waals surface area contributed by atoms with Crippen LogP contribution in [-0.4, -0.2) is 68.9 Å². The van der Waals surface area contributed by atoms with E-state index in [1.54, 1.807) is 19.2 Å². The lowest BCUT2D eigenvalue weighted by atomic mass is 10.0. The minimum atomic E-state index is -0.880. The molecule has 3 aromatic rings. The van der Waals surface area contributed by atoms with E-state index in [-0.39, 0.29) is 23.3 Å². The number of aromatic nitrogens is 1. The largest absolute Gasteiger partial charge is 0.459 e. The number of carbonyl (C=O) groups excluding carboxylic acids is 3. The van der Waals surface area contributed by atoms with Gasteiger partial charge in [-0.1, -0.05) is 34.2 Å². The highest BCUT2D eigenvalue weighted by molar-refractivity contribution is 8.14. The van der Waals surface area contributed by atoms with Crippen molar-refractivity contribution < 1.29 is 23.4 Å². The van der Waals surface area contributed by atoms with Crippen LogP contribution in [0.1, 0.15) is 11.3 Å². The van der Waals surface area contributed by atoms with Crippen molar-refractivity contribution in [2.75, 3.05) is 25.2 Å². The molecule has 1 N–H and O–H groups in total. The van der Waals surface area contributed by atoms with Crippen molar-refractivity contribution in [2.24, 2.45) is 15.9 Å². The van der Waals surface area contributed by atoms with Crippen LogP contribution in [-0.2, 0) is 9.59 Å². The number of hydrogen-bond donors (Lipinski definition) is 1. The molecule has 0 saturated carbocycles. The third-order valence-corrected chi connectivity index (χ3v) is 7.28. The first-order valence-electron chi connectivity index (χ1n) is 10.2. The molecule has 1 atom stereocenters. The molecule has 1 unspecified atom stereocenters. The van der Waals surface area contributed by atoms with Gasteiger partial charge in [0, 0.05) is 0 Å². The quantitative estimate of drug-likeness (QED) is 0.556. The van der Waals surface area contributed by atoms with Gasteiger partial charge in [0.05, 0.1) is 36.3 Å². The SMILES string of the molecule is Cc1ccc2nc(NC(=O)CSC3=NC(c4ccco4)=NC4=[N+](C)C(=O)N(C)C(=O)C34)sc2c1. The number of hydrogen-bond acceptors (Lipinski definition) is 9. The number of furan rings is 1. The molecule has 0 saturated heterocycles. The second kappa shape index (κ2) is 8.61. The minimum absolute atomic E-state index is 0.00233. The number of aliphatic imine (C=N–C) groups is 2. The first kappa shape index (κ1) is 22.2. The molecule has 172 valence electrons. The van der Waals surface area contributed by atoms with Crippen LogP contribution in [0, 0.1) is 12.8 Å². The summed E-state index contributed by atoms with van der Waals surface area (Å²) in [5.74, 6) is -0.740. The maximum absolute atomic E-state index is 12.9. The lowest BCUT2D eigenvalue weighted by molar-refractivity contribution is -0.407. The van der Waals surface area contributed by atoms with Crippen LogP contribution in [0.15, 0.2) is 51.0 Å². The summed E-state index contributed by atoms with van der Waals surface area (Å²) in [4.78, 5) is 52.5. The van der Waals surface area contributed by atoms with Crippen LogP contribution >= 0.6 is 23.1 Å². The third-order valence-electron chi connectivity index (χ3n) is 5.32. The molecular formula is C22H19N6O4S2+. The number of imide groups is 1. The van der Waals surface area contributed by atoms with Crippen LogP contribution < -0.4 is 5.32 Å². The number of benzene rings is 1. The monoisotopic (exact) mass is 495 g/mol. The van der Waals surface area contributed by atoms with E-state index in [2.05, 4.69) is 20.3 Å². The second-order valence-electron chi connectivity index (χ2n) is 7.72. The van der Waals surface area contributed by atoms with E-state index >= 15 is 0 Å². The Hall–Kier alpha value is -3.64. The van der Waals surface area contributed by atoms with Gasteiger partial charge in [-0.25, -0.2) is 14.8 Å². The Balaban J connectivity index is 1.39. The normalized spacial score (nSPS) is 18.2. The highest BCUT2D eigenvalue weighted by atomic mass is 32.2. The molecule has 34 heavy (non-hydrogen) atoms. The molecule has 0 aliphatic carbocycles. The summed E-state index contributed by atoms with van der Waals surface area (Å²) < 4.78 is 7.71. The standard InChI is InChI=1S/C22H18N6O4S2/c1-11-6-7-12-14(9-11)34-21(23-12)24-15(29)10-33-19-16-18(27(2)22(31)28(3)20(16)30)25-17(26-19)13-5-4-8-32-13/h4-9,16H,10H2,1-3H3/p+1. The summed E-state index contributed by atoms with van der Waals surface area (Å²) in [6, 6.07) is 8.79. The van der Waals surface area contributed by atoms with E-state index in [9.17, 15) is 14.4 Å². The van der Waals surface area contributed by atoms with E-state index in [1.165, 1.54) is 29.2 Å². The number of nitrogens with zero attached hydrogens (tertiary/aromatic N) is 5. The fourth-order valence-electron chi connectivity index (χ4n) is 3.58. The highest BCUT2D eigenvalue weighted by Crippen LogP contribution is 2.29. The van der Waals surface area contributed by atoms with Crippen molar-refractivity contribution in [1.29, 1.82) is 0 Å². The van der Waals surface area contributed by atoms with E-state index in [4.69, 9.17) is 4.42 Å². The van der Waals surface area contributed by atoms with E-state index in [0.717, 1.165) is 32.4 Å². The predicted molar refractivity (Wildman–Crippen MR) is 131 cm³/mol. The molecule has 2 aliphatic heterocycles. The van der Waals surface area contributed by atoms with Gasteiger partial charge in [-0.05, 0) is 36.8 Å². The second-order valence-corrected chi connectivity index (χ2v) is 9.75. The Kier molecular flexibility index (Phi) is 5.62. The summed E-state index contributed by atoms with van der Waals surface area (Å²) >= 11 is 2.51. The number of thiazole rings is 1. The molecule has 4 heterocycles. The van der Waals surface area contributed by atoms with Crippen molar-refractivity contribution in [2.45, 2.75) is 6.92 Å². The fourth-order valence-corrected chi connectivity index (χ4v) is 5.44. The number of thioether (sulfide) groups is 1. The summed E-state index contributed by atoms with van der Waals surface area (Å²) in [7, 11) is 2.96. The van der Waals surface area contributed by atoms with Crippen LogP contribution in [0.3, 0.4) is 0 Å². The maximum atomic E-state index is 12.9. The lowest BCUT2D eigenvalue weighted by Crippen LogP contribution is -2.54. The molecule has 2 aliphatic rings. The van der Waals surface area contributed by atoms with Crippen molar-refractivity contribution in [3.8, 4) is 0 Å².